The molecule has 0 saturated heterocycles. The van der Waals surface area contributed by atoms with E-state index in [1.54, 1.807) is 45.9 Å². The van der Waals surface area contributed by atoms with E-state index >= 15 is 0 Å². The van der Waals surface area contributed by atoms with Gasteiger partial charge in [-0.15, -0.1) is 0 Å². The van der Waals surface area contributed by atoms with Crippen molar-refractivity contribution in [1.82, 2.24) is 16.1 Å². The summed E-state index contributed by atoms with van der Waals surface area (Å²) >= 11 is 12.0. The van der Waals surface area contributed by atoms with Gasteiger partial charge in [-0.05, 0) is 45.0 Å². The first-order valence-corrected chi connectivity index (χ1v) is 15.1. The van der Waals surface area contributed by atoms with Crippen LogP contribution in [-0.4, -0.2) is 77.7 Å². The van der Waals surface area contributed by atoms with Crippen LogP contribution in [0.3, 0.4) is 0 Å². The van der Waals surface area contributed by atoms with Gasteiger partial charge >= 0.3 is 12.0 Å². The zero-order chi connectivity index (χ0) is 35.1. The summed E-state index contributed by atoms with van der Waals surface area (Å²) in [5.41, 5.74) is 6.64. The number of phenols is 1. The molecule has 17 heteroatoms. The number of nitrogens with two attached hydrogens (primary N) is 1. The molecule has 0 fully saturated rings. The van der Waals surface area contributed by atoms with Crippen LogP contribution < -0.4 is 31.6 Å². The second-order valence-electron chi connectivity index (χ2n) is 11.3. The smallest absolute Gasteiger partial charge is 0.332 e. The molecule has 0 bridgehead atoms. The number of carbonyl (C=O) groups excluding carboxylic acids is 6. The Morgan fingerprint density at radius 3 is 2.32 bits per heavy atom. The fourth-order valence-electron chi connectivity index (χ4n) is 4.51. The number of esters is 1. The van der Waals surface area contributed by atoms with Crippen LogP contribution >= 0.6 is 23.2 Å². The molecule has 0 aliphatic carbocycles. The summed E-state index contributed by atoms with van der Waals surface area (Å²) < 4.78 is 5.32. The molecule has 1 heterocycles. The average Bonchev–Trinajstić information content (AvgIpc) is 3.08. The molecule has 2 aromatic carbocycles. The number of anilines is 2. The van der Waals surface area contributed by atoms with Gasteiger partial charge in [-0.1, -0.05) is 42.3 Å². The summed E-state index contributed by atoms with van der Waals surface area (Å²) in [4.78, 5) is 79.9. The fourth-order valence-corrected chi connectivity index (χ4v) is 5.00. The van der Waals surface area contributed by atoms with E-state index in [0.29, 0.717) is 5.69 Å². The van der Waals surface area contributed by atoms with Crippen LogP contribution in [0.4, 0.5) is 16.2 Å². The summed E-state index contributed by atoms with van der Waals surface area (Å²) in [5, 5.41) is 18.3. The van der Waals surface area contributed by atoms with Crippen molar-refractivity contribution in [3.8, 4) is 5.75 Å². The number of halogens is 2. The van der Waals surface area contributed by atoms with E-state index in [-0.39, 0.29) is 46.6 Å². The Balaban J connectivity index is 1.96. The lowest BCUT2D eigenvalue weighted by atomic mass is 10.1. The highest BCUT2D eigenvalue weighted by atomic mass is 35.5. The minimum Gasteiger partial charge on any atom is -0.505 e. The predicted molar refractivity (Wildman–Crippen MR) is 174 cm³/mol. The first-order chi connectivity index (χ1) is 22.0. The Kier molecular flexibility index (Phi) is 12.1. The molecule has 1 aliphatic heterocycles. The number of urea groups is 1. The van der Waals surface area contributed by atoms with Crippen molar-refractivity contribution in [1.29, 1.82) is 0 Å². The molecule has 3 rings (SSSR count). The SMILES string of the molecule is CCC(=O)N1C[C@H](NC(=O)c2cc(Cl)c(O)c(Cl)c2)C(=O)N(CC(=O)N[C@H](/C=N/NC(N)=O)CC(=O)OC(C)(C)C)c2ccccc21. The number of nitrogens with zero attached hydrogens (tertiary/aromatic N) is 3. The Hall–Kier alpha value is -4.89. The molecule has 0 saturated carbocycles. The molecular weight excluding hydrogens is 657 g/mol. The lowest BCUT2D eigenvalue weighted by Gasteiger charge is -2.26. The predicted octanol–water partition coefficient (Wildman–Crippen LogP) is 2.46. The number of aromatic hydroxyl groups is 1. The van der Waals surface area contributed by atoms with Crippen LogP contribution in [0, 0.1) is 0 Å². The molecule has 15 nitrogen and oxygen atoms in total. The van der Waals surface area contributed by atoms with E-state index in [4.69, 9.17) is 33.7 Å². The molecule has 2 atom stereocenters. The maximum Gasteiger partial charge on any atom is 0.332 e. The minimum absolute atomic E-state index is 0.0673. The molecule has 2 aromatic rings. The molecule has 1 aliphatic rings. The third-order valence-corrected chi connectivity index (χ3v) is 7.04. The standard InChI is InChI=1S/C30H35Cl2N7O8/c1-5-24(41)38-14-20(36-27(44)16-10-18(31)26(43)19(32)11-16)28(45)39(22-9-7-6-8-21(22)38)15-23(40)35-17(13-34-37-29(33)46)12-25(42)47-30(2,3)4/h6-11,13,17,20,43H,5,12,14-15H2,1-4H3,(H,35,40)(H,36,44)(H3,33,37,46)/b34-13+/t17-,20-/m0/s1. The number of fused-ring (bicyclic) bond motifs is 1. The van der Waals surface area contributed by atoms with Crippen LogP contribution in [-0.2, 0) is 23.9 Å². The van der Waals surface area contributed by atoms with Gasteiger partial charge in [0.1, 0.15) is 18.2 Å². The van der Waals surface area contributed by atoms with E-state index in [1.807, 2.05) is 5.43 Å². The van der Waals surface area contributed by atoms with E-state index in [0.717, 1.165) is 23.2 Å². The summed E-state index contributed by atoms with van der Waals surface area (Å²) in [7, 11) is 0. The molecule has 252 valence electrons. The van der Waals surface area contributed by atoms with Crippen molar-refractivity contribution in [3.05, 3.63) is 52.0 Å². The number of ether oxygens (including phenoxy) is 1. The van der Waals surface area contributed by atoms with Gasteiger partial charge in [0.25, 0.3) is 11.8 Å². The number of hydrogen-bond acceptors (Lipinski definition) is 9. The highest BCUT2D eigenvalue weighted by molar-refractivity contribution is 6.37. The molecule has 6 amide bonds. The number of hydrogen-bond donors (Lipinski definition) is 5. The van der Waals surface area contributed by atoms with E-state index in [1.165, 1.54) is 11.0 Å². The molecule has 6 N–H and O–H groups in total. The van der Waals surface area contributed by atoms with Gasteiger partial charge < -0.3 is 31.1 Å². The van der Waals surface area contributed by atoms with Gasteiger partial charge in [0, 0.05) is 18.2 Å². The monoisotopic (exact) mass is 691 g/mol. The van der Waals surface area contributed by atoms with Crippen molar-refractivity contribution in [2.24, 2.45) is 10.8 Å². The Morgan fingerprint density at radius 2 is 1.74 bits per heavy atom. The largest absolute Gasteiger partial charge is 0.505 e. The third kappa shape index (κ3) is 10.0. The molecule has 47 heavy (non-hydrogen) atoms. The second-order valence-corrected chi connectivity index (χ2v) is 12.1. The number of carbonyl (C=O) groups is 6. The number of benzene rings is 2. The summed E-state index contributed by atoms with van der Waals surface area (Å²) in [6.45, 7) is 5.73. The number of rotatable bonds is 10. The molecule has 0 unspecified atom stereocenters. The van der Waals surface area contributed by atoms with Crippen molar-refractivity contribution >= 4 is 76.4 Å². The summed E-state index contributed by atoms with van der Waals surface area (Å²) in [5.74, 6) is -3.76. The van der Waals surface area contributed by atoms with Crippen molar-refractivity contribution < 1.29 is 38.6 Å². The van der Waals surface area contributed by atoms with Crippen molar-refractivity contribution in [2.45, 2.75) is 58.2 Å². The maximum atomic E-state index is 14.1. The van der Waals surface area contributed by atoms with E-state index < -0.39 is 59.7 Å². The lowest BCUT2D eigenvalue weighted by molar-refractivity contribution is -0.155. The maximum absolute atomic E-state index is 14.1. The van der Waals surface area contributed by atoms with Gasteiger partial charge in [0.15, 0.2) is 5.75 Å². The number of phenolic OH excluding ortho intramolecular Hbond substituents is 1. The topological polar surface area (TPSA) is 213 Å². The van der Waals surface area contributed by atoms with E-state index in [2.05, 4.69) is 15.7 Å². The highest BCUT2D eigenvalue weighted by Crippen LogP contribution is 2.34. The van der Waals surface area contributed by atoms with Crippen LogP contribution in [0.5, 0.6) is 5.75 Å². The normalized spacial score (nSPS) is 15.4. The highest BCUT2D eigenvalue weighted by Gasteiger charge is 2.38. The lowest BCUT2D eigenvalue weighted by Crippen LogP contribution is -2.54. The Morgan fingerprint density at radius 1 is 1.13 bits per heavy atom. The number of amides is 6. The van der Waals surface area contributed by atoms with Crippen molar-refractivity contribution in [2.75, 3.05) is 22.9 Å². The second kappa shape index (κ2) is 15.6. The van der Waals surface area contributed by atoms with Crippen LogP contribution in [0.25, 0.3) is 0 Å². The fraction of sp³-hybridized carbons (Fsp3) is 0.367. The number of nitrogens with one attached hydrogen (secondary N) is 3. The van der Waals surface area contributed by atoms with E-state index in [9.17, 15) is 33.9 Å². The molecular formula is C30H35Cl2N7O8. The Labute approximate surface area is 280 Å². The van der Waals surface area contributed by atoms with Crippen LogP contribution in [0.1, 0.15) is 50.9 Å². The Bertz CT molecular complexity index is 1570. The zero-order valence-corrected chi connectivity index (χ0v) is 27.5. The van der Waals surface area contributed by atoms with Crippen LogP contribution in [0.15, 0.2) is 41.5 Å². The number of primary amides is 1. The molecule has 0 aromatic heterocycles. The zero-order valence-electron chi connectivity index (χ0n) is 26.0. The molecule has 0 spiro atoms. The van der Waals surface area contributed by atoms with Gasteiger partial charge in [-0.3, -0.25) is 28.9 Å². The van der Waals surface area contributed by atoms with Gasteiger partial charge in [-0.2, -0.15) is 5.10 Å². The summed E-state index contributed by atoms with van der Waals surface area (Å²) in [6.07, 6.45) is 0.758. The number of hydrazone groups is 1. The van der Waals surface area contributed by atoms with Crippen LogP contribution in [0.2, 0.25) is 10.0 Å². The van der Waals surface area contributed by atoms with Gasteiger partial charge in [0.2, 0.25) is 11.8 Å². The molecule has 0 radical (unpaired) electrons. The van der Waals surface area contributed by atoms with Gasteiger partial charge in [0.05, 0.1) is 40.4 Å². The third-order valence-electron chi connectivity index (χ3n) is 6.46. The first-order valence-electron chi connectivity index (χ1n) is 14.3. The van der Waals surface area contributed by atoms with Crippen molar-refractivity contribution in [3.63, 3.8) is 0 Å². The average molecular weight is 693 g/mol. The first kappa shape index (κ1) is 36.6. The van der Waals surface area contributed by atoms with Gasteiger partial charge in [-0.25, -0.2) is 10.2 Å². The minimum atomic E-state index is -1.36. The number of para-hydroxylation sites is 2. The quantitative estimate of drug-likeness (QED) is 0.141. The summed E-state index contributed by atoms with van der Waals surface area (Å²) in [6, 6.07) is 5.28.